The Balaban J connectivity index is 2.30. The molecule has 1 aromatic carbocycles. The van der Waals surface area contributed by atoms with Gasteiger partial charge in [-0.05, 0) is 12.1 Å². The number of rotatable bonds is 5. The first kappa shape index (κ1) is 14.9. The maximum absolute atomic E-state index is 12.4. The van der Waals surface area contributed by atoms with Crippen LogP contribution in [0, 0.1) is 10.1 Å². The van der Waals surface area contributed by atoms with Gasteiger partial charge in [-0.1, -0.05) is 0 Å². The predicted octanol–water partition coefficient (Wildman–Crippen LogP) is 2.37. The minimum atomic E-state index is -0.552. The number of carbonyl (C=O) groups is 1. The molecular formula is C13H14N4O3S. The molecule has 110 valence electrons. The SMILES string of the molecule is CNc1ccc([N+](=O)[O-])c(C(=O)N(C)Cc2cscn2)c1. The topological polar surface area (TPSA) is 88.4 Å². The molecule has 0 aliphatic rings. The highest BCUT2D eigenvalue weighted by Gasteiger charge is 2.23. The number of thiazole rings is 1. The number of carbonyl (C=O) groups excluding carboxylic acids is 1. The summed E-state index contributed by atoms with van der Waals surface area (Å²) < 4.78 is 0. The van der Waals surface area contributed by atoms with Crippen molar-refractivity contribution in [1.82, 2.24) is 9.88 Å². The highest BCUT2D eigenvalue weighted by Crippen LogP contribution is 2.24. The van der Waals surface area contributed by atoms with Crippen molar-refractivity contribution in [1.29, 1.82) is 0 Å². The summed E-state index contributed by atoms with van der Waals surface area (Å²) in [4.78, 5) is 28.5. The van der Waals surface area contributed by atoms with E-state index in [0.717, 1.165) is 5.69 Å². The molecule has 0 aliphatic carbocycles. The fraction of sp³-hybridized carbons (Fsp3) is 0.231. The Morgan fingerprint density at radius 2 is 2.29 bits per heavy atom. The molecule has 1 heterocycles. The zero-order valence-corrected chi connectivity index (χ0v) is 12.4. The van der Waals surface area contributed by atoms with E-state index in [1.165, 1.54) is 28.4 Å². The van der Waals surface area contributed by atoms with E-state index in [-0.39, 0.29) is 11.3 Å². The number of nitrogens with zero attached hydrogens (tertiary/aromatic N) is 3. The first-order valence-corrected chi connectivity index (χ1v) is 7.06. The van der Waals surface area contributed by atoms with E-state index in [9.17, 15) is 14.9 Å². The Labute approximate surface area is 125 Å². The van der Waals surface area contributed by atoms with Gasteiger partial charge in [0.2, 0.25) is 0 Å². The molecule has 0 saturated carbocycles. The summed E-state index contributed by atoms with van der Waals surface area (Å²) >= 11 is 1.44. The molecule has 0 atom stereocenters. The Hall–Kier alpha value is -2.48. The van der Waals surface area contributed by atoms with Gasteiger partial charge in [-0.3, -0.25) is 14.9 Å². The van der Waals surface area contributed by atoms with Crippen LogP contribution in [-0.4, -0.2) is 34.8 Å². The zero-order chi connectivity index (χ0) is 15.4. The molecule has 2 aromatic rings. The zero-order valence-electron chi connectivity index (χ0n) is 11.6. The number of hydrogen-bond acceptors (Lipinski definition) is 6. The van der Waals surface area contributed by atoms with Crippen LogP contribution in [0.25, 0.3) is 0 Å². The second-order valence-electron chi connectivity index (χ2n) is 4.38. The van der Waals surface area contributed by atoms with Gasteiger partial charge in [0.15, 0.2) is 0 Å². The second kappa shape index (κ2) is 6.31. The van der Waals surface area contributed by atoms with E-state index < -0.39 is 10.8 Å². The summed E-state index contributed by atoms with van der Waals surface area (Å²) in [6.45, 7) is 0.309. The minimum absolute atomic E-state index is 0.0598. The van der Waals surface area contributed by atoms with E-state index in [4.69, 9.17) is 0 Å². The molecule has 0 aliphatic heterocycles. The number of nitrogens with one attached hydrogen (secondary N) is 1. The maximum Gasteiger partial charge on any atom is 0.282 e. The molecule has 8 heteroatoms. The molecule has 21 heavy (non-hydrogen) atoms. The van der Waals surface area contributed by atoms with E-state index >= 15 is 0 Å². The van der Waals surface area contributed by atoms with Crippen molar-refractivity contribution >= 4 is 28.6 Å². The first-order chi connectivity index (χ1) is 10.0. The average Bonchev–Trinajstić information content (AvgIpc) is 2.98. The molecule has 1 amide bonds. The number of anilines is 1. The lowest BCUT2D eigenvalue weighted by Gasteiger charge is -2.16. The number of amides is 1. The minimum Gasteiger partial charge on any atom is -0.388 e. The van der Waals surface area contributed by atoms with Crippen molar-refractivity contribution in [3.8, 4) is 0 Å². The molecule has 0 unspecified atom stereocenters. The van der Waals surface area contributed by atoms with E-state index in [1.807, 2.05) is 5.38 Å². The third-order valence-electron chi connectivity index (χ3n) is 2.94. The second-order valence-corrected chi connectivity index (χ2v) is 5.10. The van der Waals surface area contributed by atoms with Gasteiger partial charge in [0.05, 0.1) is 22.7 Å². The van der Waals surface area contributed by atoms with Gasteiger partial charge >= 0.3 is 0 Å². The van der Waals surface area contributed by atoms with Crippen molar-refractivity contribution in [3.63, 3.8) is 0 Å². The van der Waals surface area contributed by atoms with Crippen LogP contribution in [0.4, 0.5) is 11.4 Å². The monoisotopic (exact) mass is 306 g/mol. The lowest BCUT2D eigenvalue weighted by Crippen LogP contribution is -2.27. The number of aromatic nitrogens is 1. The van der Waals surface area contributed by atoms with Crippen LogP contribution in [0.15, 0.2) is 29.1 Å². The Kier molecular flexibility index (Phi) is 4.49. The van der Waals surface area contributed by atoms with Crippen LogP contribution in [0.3, 0.4) is 0 Å². The molecule has 0 saturated heterocycles. The van der Waals surface area contributed by atoms with Crippen molar-refractivity contribution in [2.45, 2.75) is 6.54 Å². The lowest BCUT2D eigenvalue weighted by molar-refractivity contribution is -0.385. The van der Waals surface area contributed by atoms with Crippen LogP contribution >= 0.6 is 11.3 Å². The van der Waals surface area contributed by atoms with Crippen LogP contribution in [0.2, 0.25) is 0 Å². The number of nitro benzene ring substituents is 1. The summed E-state index contributed by atoms with van der Waals surface area (Å²) in [6.07, 6.45) is 0. The molecular weight excluding hydrogens is 292 g/mol. The quantitative estimate of drug-likeness (QED) is 0.676. The van der Waals surface area contributed by atoms with Crippen molar-refractivity contribution in [2.75, 3.05) is 19.4 Å². The molecule has 7 nitrogen and oxygen atoms in total. The maximum atomic E-state index is 12.4. The van der Waals surface area contributed by atoms with Gasteiger partial charge < -0.3 is 10.2 Å². The Morgan fingerprint density at radius 1 is 1.52 bits per heavy atom. The van der Waals surface area contributed by atoms with Gasteiger partial charge in [-0.2, -0.15) is 0 Å². The summed E-state index contributed by atoms with van der Waals surface area (Å²) in [5.41, 5.74) is 2.93. The molecule has 0 spiro atoms. The Bertz CT molecular complexity index is 657. The summed E-state index contributed by atoms with van der Waals surface area (Å²) in [7, 11) is 3.28. The van der Waals surface area contributed by atoms with Gasteiger partial charge in [0, 0.05) is 31.2 Å². The fourth-order valence-corrected chi connectivity index (χ4v) is 2.41. The average molecular weight is 306 g/mol. The highest BCUT2D eigenvalue weighted by atomic mass is 32.1. The van der Waals surface area contributed by atoms with Crippen LogP contribution in [0.5, 0.6) is 0 Å². The summed E-state index contributed by atoms with van der Waals surface area (Å²) in [5.74, 6) is -0.410. The van der Waals surface area contributed by atoms with E-state index in [2.05, 4.69) is 10.3 Å². The molecule has 1 aromatic heterocycles. The van der Waals surface area contributed by atoms with E-state index in [0.29, 0.717) is 12.2 Å². The largest absolute Gasteiger partial charge is 0.388 e. The fourth-order valence-electron chi connectivity index (χ4n) is 1.86. The molecule has 2 rings (SSSR count). The van der Waals surface area contributed by atoms with Crippen LogP contribution < -0.4 is 5.32 Å². The smallest absolute Gasteiger partial charge is 0.282 e. The van der Waals surface area contributed by atoms with Crippen molar-refractivity contribution < 1.29 is 9.72 Å². The standard InChI is InChI=1S/C13H14N4O3S/c1-14-9-3-4-12(17(19)20)11(5-9)13(18)16(2)6-10-7-21-8-15-10/h3-5,7-8,14H,6H2,1-2H3. The number of hydrogen-bond donors (Lipinski definition) is 1. The lowest BCUT2D eigenvalue weighted by atomic mass is 10.1. The van der Waals surface area contributed by atoms with E-state index in [1.54, 1.807) is 25.7 Å². The summed E-state index contributed by atoms with van der Waals surface area (Å²) in [6, 6.07) is 4.38. The third-order valence-corrected chi connectivity index (χ3v) is 3.58. The van der Waals surface area contributed by atoms with Gasteiger partial charge in [-0.15, -0.1) is 11.3 Å². The third kappa shape index (κ3) is 3.34. The number of benzene rings is 1. The summed E-state index contributed by atoms with van der Waals surface area (Å²) in [5, 5.41) is 15.8. The molecule has 0 fully saturated rings. The Morgan fingerprint density at radius 3 is 2.86 bits per heavy atom. The van der Waals surface area contributed by atoms with Gasteiger partial charge in [-0.25, -0.2) is 4.98 Å². The molecule has 0 bridgehead atoms. The molecule has 0 radical (unpaired) electrons. The van der Waals surface area contributed by atoms with Crippen molar-refractivity contribution in [3.05, 3.63) is 50.5 Å². The van der Waals surface area contributed by atoms with Crippen molar-refractivity contribution in [2.24, 2.45) is 0 Å². The normalized spacial score (nSPS) is 10.2. The molecule has 1 N–H and O–H groups in total. The number of nitro groups is 1. The first-order valence-electron chi connectivity index (χ1n) is 6.11. The van der Waals surface area contributed by atoms with Crippen LogP contribution in [0.1, 0.15) is 16.1 Å². The predicted molar refractivity (Wildman–Crippen MR) is 80.6 cm³/mol. The van der Waals surface area contributed by atoms with Gasteiger partial charge in [0.25, 0.3) is 11.6 Å². The highest BCUT2D eigenvalue weighted by molar-refractivity contribution is 7.07. The van der Waals surface area contributed by atoms with Crippen LogP contribution in [-0.2, 0) is 6.54 Å². The van der Waals surface area contributed by atoms with Gasteiger partial charge in [0.1, 0.15) is 5.56 Å².